The minimum Gasteiger partial charge on any atom is -0.497 e. The number of rotatable bonds is 5. The number of benzene rings is 1. The molecule has 19 heavy (non-hydrogen) atoms. The van der Waals surface area contributed by atoms with Gasteiger partial charge in [-0.2, -0.15) is 0 Å². The van der Waals surface area contributed by atoms with E-state index in [0.717, 1.165) is 0 Å². The Bertz CT molecular complexity index is 636. The van der Waals surface area contributed by atoms with Crippen LogP contribution in [0, 0.1) is 0 Å². The molecule has 0 saturated heterocycles. The molecule has 0 aliphatic carbocycles. The average Bonchev–Trinajstić information content (AvgIpc) is 2.94. The first-order chi connectivity index (χ1) is 9.09. The van der Waals surface area contributed by atoms with Gasteiger partial charge in [-0.15, -0.1) is 11.3 Å². The Morgan fingerprint density at radius 3 is 2.68 bits per heavy atom. The molecular weight excluding hydrogens is 282 g/mol. The smallest absolute Gasteiger partial charge is 0.200 e. The van der Waals surface area contributed by atoms with Crippen LogP contribution in [0.3, 0.4) is 0 Å². The second kappa shape index (κ2) is 5.73. The van der Waals surface area contributed by atoms with Crippen LogP contribution in [0.1, 0.15) is 10.8 Å². The molecular formula is C13H16NO3S2+. The van der Waals surface area contributed by atoms with Crippen LogP contribution in [0.4, 0.5) is 0 Å². The van der Waals surface area contributed by atoms with Crippen molar-refractivity contribution in [2.45, 2.75) is 9.46 Å². The molecule has 0 aliphatic rings. The third kappa shape index (κ3) is 2.80. The molecule has 1 aromatic carbocycles. The lowest BCUT2D eigenvalue weighted by Crippen LogP contribution is -2.54. The predicted octanol–water partition coefficient (Wildman–Crippen LogP) is 1.51. The van der Waals surface area contributed by atoms with Crippen LogP contribution in [0.2, 0.25) is 0 Å². The fourth-order valence-corrected chi connectivity index (χ4v) is 4.77. The van der Waals surface area contributed by atoms with Crippen molar-refractivity contribution in [2.75, 3.05) is 13.7 Å². The van der Waals surface area contributed by atoms with Crippen LogP contribution < -0.4 is 10.5 Å². The van der Waals surface area contributed by atoms with E-state index in [4.69, 9.17) is 4.74 Å². The molecule has 0 spiro atoms. The second-order valence-corrected chi connectivity index (χ2v) is 7.34. The summed E-state index contributed by atoms with van der Waals surface area (Å²) in [6, 6.07) is 10.5. The normalized spacial score (nSPS) is 13.2. The minimum atomic E-state index is -3.39. The monoisotopic (exact) mass is 298 g/mol. The number of ether oxygens (including phenoxy) is 1. The van der Waals surface area contributed by atoms with Gasteiger partial charge in [0.1, 0.15) is 15.2 Å². The summed E-state index contributed by atoms with van der Waals surface area (Å²) >= 11 is 1.23. The van der Waals surface area contributed by atoms with Gasteiger partial charge in [-0.05, 0) is 29.1 Å². The Hall–Kier alpha value is -1.37. The molecule has 1 aromatic heterocycles. The van der Waals surface area contributed by atoms with E-state index in [-0.39, 0.29) is 6.54 Å². The van der Waals surface area contributed by atoms with Crippen molar-refractivity contribution in [1.29, 1.82) is 0 Å². The molecule has 0 saturated carbocycles. The van der Waals surface area contributed by atoms with E-state index in [1.807, 2.05) is 0 Å². The van der Waals surface area contributed by atoms with Gasteiger partial charge in [0, 0.05) is 0 Å². The highest BCUT2D eigenvalue weighted by molar-refractivity contribution is 7.93. The van der Waals surface area contributed by atoms with Crippen LogP contribution >= 0.6 is 11.3 Å². The van der Waals surface area contributed by atoms with E-state index >= 15 is 0 Å². The molecule has 0 radical (unpaired) electrons. The first-order valence-electron chi connectivity index (χ1n) is 5.80. The lowest BCUT2D eigenvalue weighted by atomic mass is 10.1. The van der Waals surface area contributed by atoms with Crippen LogP contribution in [0.25, 0.3) is 0 Å². The molecule has 0 bridgehead atoms. The van der Waals surface area contributed by atoms with Gasteiger partial charge in [-0.3, -0.25) is 0 Å². The maximum absolute atomic E-state index is 12.6. The zero-order valence-corrected chi connectivity index (χ0v) is 12.2. The lowest BCUT2D eigenvalue weighted by Gasteiger charge is -2.14. The summed E-state index contributed by atoms with van der Waals surface area (Å²) in [4.78, 5) is 0. The van der Waals surface area contributed by atoms with E-state index in [9.17, 15) is 8.42 Å². The first-order valence-corrected chi connectivity index (χ1v) is 8.22. The lowest BCUT2D eigenvalue weighted by molar-refractivity contribution is -0.367. The zero-order chi connectivity index (χ0) is 13.9. The number of hydrogen-bond donors (Lipinski definition) is 1. The summed E-state index contributed by atoms with van der Waals surface area (Å²) in [5.41, 5.74) is 4.49. The van der Waals surface area contributed by atoms with Gasteiger partial charge in [-0.25, -0.2) is 8.42 Å². The van der Waals surface area contributed by atoms with E-state index in [1.54, 1.807) is 48.9 Å². The molecule has 3 N–H and O–H groups in total. The largest absolute Gasteiger partial charge is 0.497 e. The fraction of sp³-hybridized carbons (Fsp3) is 0.231. The minimum absolute atomic E-state index is 0.285. The molecule has 0 aliphatic heterocycles. The average molecular weight is 298 g/mol. The Balaban J connectivity index is 2.45. The Morgan fingerprint density at radius 2 is 2.11 bits per heavy atom. The fourth-order valence-electron chi connectivity index (χ4n) is 1.91. The van der Waals surface area contributed by atoms with E-state index < -0.39 is 15.1 Å². The molecule has 2 rings (SSSR count). The maximum Gasteiger partial charge on any atom is 0.200 e. The van der Waals surface area contributed by atoms with Gasteiger partial charge in [0.25, 0.3) is 0 Å². The van der Waals surface area contributed by atoms with Gasteiger partial charge in [-0.1, -0.05) is 18.2 Å². The summed E-state index contributed by atoms with van der Waals surface area (Å²) in [6.45, 7) is 0.285. The van der Waals surface area contributed by atoms with Gasteiger partial charge in [0.15, 0.2) is 9.84 Å². The summed E-state index contributed by atoms with van der Waals surface area (Å²) in [7, 11) is -1.82. The van der Waals surface area contributed by atoms with Crippen molar-refractivity contribution < 1.29 is 18.9 Å². The summed E-state index contributed by atoms with van der Waals surface area (Å²) < 4.78 is 30.6. The van der Waals surface area contributed by atoms with Crippen molar-refractivity contribution in [3.8, 4) is 5.75 Å². The first kappa shape index (κ1) is 14.0. The highest BCUT2D eigenvalue weighted by Gasteiger charge is 2.30. The molecule has 4 nitrogen and oxygen atoms in total. The van der Waals surface area contributed by atoms with Gasteiger partial charge < -0.3 is 10.5 Å². The summed E-state index contributed by atoms with van der Waals surface area (Å²) in [5.74, 6) is 0.650. The SMILES string of the molecule is COc1cccc([C@H](C[NH3+])S(=O)(=O)c2cccs2)c1. The standard InChI is InChI=1S/C13H15NO3S2/c1-17-11-5-2-4-10(8-11)12(9-14)19(15,16)13-6-3-7-18-13/h2-8,12H,9,14H2,1H3/p+1/t12-/m0/s1. The summed E-state index contributed by atoms with van der Waals surface area (Å²) in [5, 5.41) is 1.12. The molecule has 0 amide bonds. The van der Waals surface area contributed by atoms with Crippen LogP contribution in [-0.2, 0) is 9.84 Å². The Morgan fingerprint density at radius 1 is 1.32 bits per heavy atom. The molecule has 1 atom stereocenters. The number of sulfone groups is 1. The third-order valence-corrected chi connectivity index (χ3v) is 6.48. The molecule has 2 aromatic rings. The topological polar surface area (TPSA) is 71.0 Å². The molecule has 0 fully saturated rings. The van der Waals surface area contributed by atoms with Crippen LogP contribution in [-0.4, -0.2) is 22.1 Å². The maximum atomic E-state index is 12.6. The van der Waals surface area contributed by atoms with Gasteiger partial charge in [0.2, 0.25) is 0 Å². The number of methoxy groups -OCH3 is 1. The third-order valence-electron chi connectivity index (χ3n) is 2.88. The molecule has 102 valence electrons. The highest BCUT2D eigenvalue weighted by Crippen LogP contribution is 2.31. The van der Waals surface area contributed by atoms with Gasteiger partial charge >= 0.3 is 0 Å². The number of hydrogen-bond acceptors (Lipinski definition) is 4. The second-order valence-electron chi connectivity index (χ2n) is 4.03. The van der Waals surface area contributed by atoms with Gasteiger partial charge in [0.05, 0.1) is 13.7 Å². The Kier molecular flexibility index (Phi) is 4.24. The van der Waals surface area contributed by atoms with Crippen molar-refractivity contribution in [2.24, 2.45) is 0 Å². The predicted molar refractivity (Wildman–Crippen MR) is 75.0 cm³/mol. The van der Waals surface area contributed by atoms with E-state index in [1.165, 1.54) is 11.3 Å². The quantitative estimate of drug-likeness (QED) is 0.909. The van der Waals surface area contributed by atoms with Crippen LogP contribution in [0.5, 0.6) is 5.75 Å². The number of thiophene rings is 1. The van der Waals surface area contributed by atoms with Crippen molar-refractivity contribution in [1.82, 2.24) is 0 Å². The summed E-state index contributed by atoms with van der Waals surface area (Å²) in [6.07, 6.45) is 0. The Labute approximate surface area is 116 Å². The molecule has 0 unspecified atom stereocenters. The number of quaternary nitrogens is 1. The van der Waals surface area contributed by atoms with Crippen molar-refractivity contribution >= 4 is 21.2 Å². The molecule has 6 heteroatoms. The highest BCUT2D eigenvalue weighted by atomic mass is 32.2. The van der Waals surface area contributed by atoms with Crippen molar-refractivity contribution in [3.05, 3.63) is 47.3 Å². The van der Waals surface area contributed by atoms with E-state index in [2.05, 4.69) is 5.73 Å². The van der Waals surface area contributed by atoms with Crippen LogP contribution in [0.15, 0.2) is 46.0 Å². The van der Waals surface area contributed by atoms with Crippen molar-refractivity contribution in [3.63, 3.8) is 0 Å². The molecule has 1 heterocycles. The zero-order valence-electron chi connectivity index (χ0n) is 10.6. The van der Waals surface area contributed by atoms with E-state index in [0.29, 0.717) is 15.5 Å².